The highest BCUT2D eigenvalue weighted by molar-refractivity contribution is 9.09. The third kappa shape index (κ3) is 2.66. The highest BCUT2D eigenvalue weighted by Crippen LogP contribution is 2.35. The first kappa shape index (κ1) is 12.1. The van der Waals surface area contributed by atoms with Crippen LogP contribution in [-0.2, 0) is 18.2 Å². The number of hydrogen-bond acceptors (Lipinski definition) is 2. The molecular weight excluding hydrogens is 268 g/mol. The number of alkyl halides is 1. The molecule has 0 aromatic carbocycles. The van der Waals surface area contributed by atoms with Crippen LogP contribution in [0.3, 0.4) is 0 Å². The van der Waals surface area contributed by atoms with Crippen molar-refractivity contribution in [3.8, 4) is 0 Å². The van der Waals surface area contributed by atoms with E-state index in [1.54, 1.807) is 0 Å². The largest absolute Gasteiger partial charge is 0.381 e. The summed E-state index contributed by atoms with van der Waals surface area (Å²) in [6.45, 7) is 1.83. The smallest absolute Gasteiger partial charge is 0.0530 e. The Kier molecular flexibility index (Phi) is 4.03. The molecule has 0 N–H and O–H groups in total. The Morgan fingerprint density at radius 3 is 3.06 bits per heavy atom. The number of nitrogens with zero attached hydrogens (tertiary/aromatic N) is 2. The minimum Gasteiger partial charge on any atom is -0.381 e. The lowest BCUT2D eigenvalue weighted by atomic mass is 9.80. The summed E-state index contributed by atoms with van der Waals surface area (Å²) in [6, 6.07) is 2.10. The molecule has 16 heavy (non-hydrogen) atoms. The van der Waals surface area contributed by atoms with E-state index in [0.29, 0.717) is 5.41 Å². The molecule has 4 heteroatoms. The van der Waals surface area contributed by atoms with E-state index in [-0.39, 0.29) is 0 Å². The molecular formula is C12H19BrN2O. The molecule has 1 fully saturated rings. The summed E-state index contributed by atoms with van der Waals surface area (Å²) in [4.78, 5) is 0. The van der Waals surface area contributed by atoms with Crippen LogP contribution in [0.4, 0.5) is 0 Å². The SMILES string of the molecule is Cn1nccc1CCC1(CBr)CCCOC1. The molecule has 1 atom stereocenters. The van der Waals surface area contributed by atoms with Gasteiger partial charge in [0.1, 0.15) is 0 Å². The van der Waals surface area contributed by atoms with Crippen molar-refractivity contribution in [1.29, 1.82) is 0 Å². The lowest BCUT2D eigenvalue weighted by Gasteiger charge is -2.35. The van der Waals surface area contributed by atoms with Gasteiger partial charge in [0.05, 0.1) is 6.61 Å². The molecule has 1 aromatic heterocycles. The van der Waals surface area contributed by atoms with E-state index >= 15 is 0 Å². The zero-order chi connectivity index (χ0) is 11.4. The van der Waals surface area contributed by atoms with Gasteiger partial charge < -0.3 is 4.74 Å². The van der Waals surface area contributed by atoms with E-state index in [4.69, 9.17) is 4.74 Å². The van der Waals surface area contributed by atoms with Gasteiger partial charge in [-0.2, -0.15) is 5.10 Å². The molecule has 0 aliphatic carbocycles. The van der Waals surface area contributed by atoms with Gasteiger partial charge in [-0.25, -0.2) is 0 Å². The molecule has 0 amide bonds. The zero-order valence-electron chi connectivity index (χ0n) is 9.79. The fraction of sp³-hybridized carbons (Fsp3) is 0.750. The number of aryl methyl sites for hydroxylation is 2. The molecule has 1 unspecified atom stereocenters. The number of rotatable bonds is 4. The molecule has 2 rings (SSSR count). The van der Waals surface area contributed by atoms with Gasteiger partial charge >= 0.3 is 0 Å². The van der Waals surface area contributed by atoms with Crippen molar-refractivity contribution in [2.24, 2.45) is 12.5 Å². The fourth-order valence-electron chi connectivity index (χ4n) is 2.32. The van der Waals surface area contributed by atoms with Crippen LogP contribution in [-0.4, -0.2) is 28.3 Å². The molecule has 1 aromatic rings. The normalized spacial score (nSPS) is 25.9. The fourth-order valence-corrected chi connectivity index (χ4v) is 3.04. The molecule has 1 aliphatic heterocycles. The Bertz CT molecular complexity index is 332. The Labute approximate surface area is 105 Å². The van der Waals surface area contributed by atoms with Crippen LogP contribution < -0.4 is 0 Å². The van der Waals surface area contributed by atoms with Crippen molar-refractivity contribution in [2.75, 3.05) is 18.5 Å². The molecule has 0 spiro atoms. The van der Waals surface area contributed by atoms with Crippen molar-refractivity contribution < 1.29 is 4.74 Å². The van der Waals surface area contributed by atoms with Crippen LogP contribution in [0.25, 0.3) is 0 Å². The van der Waals surface area contributed by atoms with E-state index in [1.165, 1.54) is 25.0 Å². The monoisotopic (exact) mass is 286 g/mol. The van der Waals surface area contributed by atoms with Gasteiger partial charge in [-0.15, -0.1) is 0 Å². The summed E-state index contributed by atoms with van der Waals surface area (Å²) in [7, 11) is 2.01. The second kappa shape index (κ2) is 5.32. The molecule has 3 nitrogen and oxygen atoms in total. The van der Waals surface area contributed by atoms with Gasteiger partial charge in [0.15, 0.2) is 0 Å². The lowest BCUT2D eigenvalue weighted by Crippen LogP contribution is -2.34. The summed E-state index contributed by atoms with van der Waals surface area (Å²) >= 11 is 3.65. The van der Waals surface area contributed by atoms with Gasteiger partial charge in [0, 0.05) is 36.3 Å². The second-order valence-corrected chi connectivity index (χ2v) is 5.30. The third-order valence-electron chi connectivity index (χ3n) is 3.52. The third-order valence-corrected chi connectivity index (χ3v) is 4.71. The Balaban J connectivity index is 1.94. The summed E-state index contributed by atoms with van der Waals surface area (Å²) < 4.78 is 7.59. The average Bonchev–Trinajstić information content (AvgIpc) is 2.74. The van der Waals surface area contributed by atoms with Gasteiger partial charge in [-0.1, -0.05) is 15.9 Å². The second-order valence-electron chi connectivity index (χ2n) is 4.74. The standard InChI is InChI=1S/C12H19BrN2O/c1-15-11(4-7-14-15)3-6-12(9-13)5-2-8-16-10-12/h4,7H,2-3,5-6,8-10H2,1H3. The van der Waals surface area contributed by atoms with Gasteiger partial charge in [-0.05, 0) is 31.7 Å². The first-order valence-electron chi connectivity index (χ1n) is 5.86. The van der Waals surface area contributed by atoms with Crippen LogP contribution in [0, 0.1) is 5.41 Å². The van der Waals surface area contributed by atoms with Gasteiger partial charge in [-0.3, -0.25) is 4.68 Å². The Morgan fingerprint density at radius 1 is 1.62 bits per heavy atom. The van der Waals surface area contributed by atoms with E-state index in [0.717, 1.165) is 25.0 Å². The van der Waals surface area contributed by atoms with Crippen LogP contribution in [0.5, 0.6) is 0 Å². The Morgan fingerprint density at radius 2 is 2.50 bits per heavy atom. The predicted molar refractivity (Wildman–Crippen MR) is 67.8 cm³/mol. The van der Waals surface area contributed by atoms with Crippen LogP contribution in [0.2, 0.25) is 0 Å². The molecule has 1 aliphatic rings. The van der Waals surface area contributed by atoms with Crippen molar-refractivity contribution in [2.45, 2.75) is 25.7 Å². The lowest BCUT2D eigenvalue weighted by molar-refractivity contribution is 0.00146. The van der Waals surface area contributed by atoms with Crippen LogP contribution in [0.1, 0.15) is 25.0 Å². The Hall–Kier alpha value is -0.350. The number of halogens is 1. The van der Waals surface area contributed by atoms with Gasteiger partial charge in [0.25, 0.3) is 0 Å². The minimum atomic E-state index is 0.336. The van der Waals surface area contributed by atoms with Crippen LogP contribution in [0.15, 0.2) is 12.3 Å². The molecule has 0 bridgehead atoms. The van der Waals surface area contributed by atoms with E-state index in [9.17, 15) is 0 Å². The quantitative estimate of drug-likeness (QED) is 0.796. The van der Waals surface area contributed by atoms with E-state index in [1.807, 2.05) is 17.9 Å². The molecule has 2 heterocycles. The van der Waals surface area contributed by atoms with Crippen molar-refractivity contribution in [3.05, 3.63) is 18.0 Å². The summed E-state index contributed by atoms with van der Waals surface area (Å²) in [5.41, 5.74) is 1.65. The summed E-state index contributed by atoms with van der Waals surface area (Å²) in [5.74, 6) is 0. The number of ether oxygens (including phenoxy) is 1. The van der Waals surface area contributed by atoms with Crippen molar-refractivity contribution in [1.82, 2.24) is 9.78 Å². The van der Waals surface area contributed by atoms with Crippen molar-refractivity contribution in [3.63, 3.8) is 0 Å². The molecule has 90 valence electrons. The first-order valence-corrected chi connectivity index (χ1v) is 6.98. The summed E-state index contributed by atoms with van der Waals surface area (Å²) in [5, 5.41) is 5.24. The predicted octanol–water partition coefficient (Wildman–Crippen LogP) is 2.54. The number of hydrogen-bond donors (Lipinski definition) is 0. The molecule has 0 saturated carbocycles. The van der Waals surface area contributed by atoms with E-state index < -0.39 is 0 Å². The first-order chi connectivity index (χ1) is 7.76. The highest BCUT2D eigenvalue weighted by Gasteiger charge is 2.31. The molecule has 1 saturated heterocycles. The van der Waals surface area contributed by atoms with E-state index in [2.05, 4.69) is 27.1 Å². The maximum Gasteiger partial charge on any atom is 0.0530 e. The highest BCUT2D eigenvalue weighted by atomic mass is 79.9. The number of aromatic nitrogens is 2. The average molecular weight is 287 g/mol. The topological polar surface area (TPSA) is 27.1 Å². The summed E-state index contributed by atoms with van der Waals surface area (Å²) in [6.07, 6.45) is 6.60. The minimum absolute atomic E-state index is 0.336. The van der Waals surface area contributed by atoms with Crippen LogP contribution >= 0.6 is 15.9 Å². The maximum atomic E-state index is 5.62. The molecule has 0 radical (unpaired) electrons. The zero-order valence-corrected chi connectivity index (χ0v) is 11.4. The maximum absolute atomic E-state index is 5.62. The van der Waals surface area contributed by atoms with Gasteiger partial charge in [0.2, 0.25) is 0 Å². The van der Waals surface area contributed by atoms with Crippen molar-refractivity contribution >= 4 is 15.9 Å².